The van der Waals surface area contributed by atoms with Gasteiger partial charge in [0, 0.05) is 13.0 Å². The topological polar surface area (TPSA) is 55.8 Å². The van der Waals surface area contributed by atoms with Gasteiger partial charge >= 0.3 is 5.97 Å². The summed E-state index contributed by atoms with van der Waals surface area (Å²) in [6, 6.07) is 0. The summed E-state index contributed by atoms with van der Waals surface area (Å²) >= 11 is 0. The molecule has 0 fully saturated rings. The van der Waals surface area contributed by atoms with E-state index in [2.05, 4.69) is 148 Å². The van der Waals surface area contributed by atoms with Crippen LogP contribution in [-0.2, 0) is 14.3 Å². The SMILES string of the molecule is CC/C=C\C/C=C\C/C=C\C/C=C\C/C=C\C/C=C\C/C=C\CCCCCCOCC(CO)OC(=O)CCCC/C=C\C/C=C\C/C=C\C/C=C\CC. The minimum atomic E-state index is -0.580. The van der Waals surface area contributed by atoms with Crippen LogP contribution in [0.4, 0.5) is 0 Å². The molecule has 0 aliphatic heterocycles. The quantitative estimate of drug-likeness (QED) is 0.0396. The van der Waals surface area contributed by atoms with Gasteiger partial charge in [0.1, 0.15) is 6.10 Å². The molecule has 0 aliphatic carbocycles. The first-order valence-electron chi connectivity index (χ1n) is 20.8. The zero-order valence-corrected chi connectivity index (χ0v) is 33.7. The normalized spacial score (nSPS) is 13.8. The van der Waals surface area contributed by atoms with Crippen LogP contribution in [0.1, 0.15) is 142 Å². The Morgan fingerprint density at radius 2 is 0.792 bits per heavy atom. The first kappa shape index (κ1) is 49.5. The lowest BCUT2D eigenvalue weighted by Crippen LogP contribution is -2.27. The molecule has 0 aromatic carbocycles. The van der Waals surface area contributed by atoms with Gasteiger partial charge in [-0.2, -0.15) is 0 Å². The maximum Gasteiger partial charge on any atom is 0.306 e. The molecule has 0 saturated carbocycles. The van der Waals surface area contributed by atoms with E-state index in [0.717, 1.165) is 109 Å². The minimum absolute atomic E-state index is 0.210. The summed E-state index contributed by atoms with van der Waals surface area (Å²) in [5.74, 6) is -0.258. The Balaban J connectivity index is 3.64. The second kappa shape index (κ2) is 44.7. The molecule has 1 N–H and O–H groups in total. The van der Waals surface area contributed by atoms with E-state index in [4.69, 9.17) is 9.47 Å². The standard InChI is InChI=1S/C49H76O4/c1-3-5-7-9-11-13-15-17-19-20-21-22-23-24-25-26-27-28-29-31-33-35-37-39-41-43-45-52-47-48(46-50)53-49(51)44-42-40-38-36-34-32-30-18-16-14-12-10-8-6-4-2/h5-8,11-14,17-19,21-22,24-25,27-28,30-31,33-34,36,48,50H,3-4,9-10,15-16,20,23,26,29,32,35,37-47H2,1-2H3/b7-5-,8-6-,13-11-,14-12-,19-17-,22-21-,25-24-,28-27-,30-18-,33-31-,36-34-. The van der Waals surface area contributed by atoms with E-state index in [1.165, 1.54) is 12.8 Å². The van der Waals surface area contributed by atoms with Gasteiger partial charge in [-0.25, -0.2) is 0 Å². The molecule has 4 heteroatoms. The molecule has 0 heterocycles. The van der Waals surface area contributed by atoms with E-state index >= 15 is 0 Å². The van der Waals surface area contributed by atoms with Gasteiger partial charge in [-0.05, 0) is 109 Å². The van der Waals surface area contributed by atoms with Crippen LogP contribution in [0.5, 0.6) is 0 Å². The summed E-state index contributed by atoms with van der Waals surface area (Å²) in [6.07, 6.45) is 68.0. The Labute approximate surface area is 326 Å². The summed E-state index contributed by atoms with van der Waals surface area (Å²) in [5, 5.41) is 9.58. The van der Waals surface area contributed by atoms with Crippen molar-refractivity contribution >= 4 is 5.97 Å². The Bertz CT molecular complexity index is 1130. The zero-order chi connectivity index (χ0) is 38.4. The maximum absolute atomic E-state index is 12.2. The van der Waals surface area contributed by atoms with Gasteiger partial charge in [0.15, 0.2) is 0 Å². The Kier molecular flexibility index (Phi) is 41.8. The van der Waals surface area contributed by atoms with Crippen LogP contribution in [-0.4, -0.2) is 37.0 Å². The predicted octanol–water partition coefficient (Wildman–Crippen LogP) is 13.9. The molecule has 0 saturated heterocycles. The number of aliphatic hydroxyl groups excluding tert-OH is 1. The van der Waals surface area contributed by atoms with Crippen LogP contribution in [0.15, 0.2) is 134 Å². The van der Waals surface area contributed by atoms with E-state index in [1.807, 2.05) is 0 Å². The lowest BCUT2D eigenvalue weighted by molar-refractivity contribution is -0.154. The van der Waals surface area contributed by atoms with Crippen molar-refractivity contribution in [2.24, 2.45) is 0 Å². The average molecular weight is 729 g/mol. The van der Waals surface area contributed by atoms with Gasteiger partial charge in [-0.15, -0.1) is 0 Å². The largest absolute Gasteiger partial charge is 0.457 e. The van der Waals surface area contributed by atoms with Crippen molar-refractivity contribution in [2.75, 3.05) is 19.8 Å². The van der Waals surface area contributed by atoms with Crippen molar-refractivity contribution in [2.45, 2.75) is 148 Å². The number of hydrogen-bond donors (Lipinski definition) is 1. The van der Waals surface area contributed by atoms with Gasteiger partial charge in [-0.3, -0.25) is 4.79 Å². The number of rotatable bonds is 36. The summed E-state index contributed by atoms with van der Waals surface area (Å²) in [4.78, 5) is 12.2. The highest BCUT2D eigenvalue weighted by atomic mass is 16.6. The number of carbonyl (C=O) groups excluding carboxylic acids is 1. The van der Waals surface area contributed by atoms with Crippen LogP contribution in [0.2, 0.25) is 0 Å². The molecule has 0 aliphatic rings. The van der Waals surface area contributed by atoms with E-state index in [-0.39, 0.29) is 19.2 Å². The average Bonchev–Trinajstić information content (AvgIpc) is 3.16. The van der Waals surface area contributed by atoms with E-state index in [0.29, 0.717) is 13.0 Å². The lowest BCUT2D eigenvalue weighted by Gasteiger charge is -2.15. The Hall–Kier alpha value is -3.47. The number of unbranched alkanes of at least 4 members (excludes halogenated alkanes) is 6. The zero-order valence-electron chi connectivity index (χ0n) is 33.7. The minimum Gasteiger partial charge on any atom is -0.457 e. The number of aliphatic hydroxyl groups is 1. The highest BCUT2D eigenvalue weighted by Crippen LogP contribution is 2.08. The van der Waals surface area contributed by atoms with Gasteiger partial charge < -0.3 is 14.6 Å². The monoisotopic (exact) mass is 729 g/mol. The second-order valence-corrected chi connectivity index (χ2v) is 12.9. The van der Waals surface area contributed by atoms with Crippen LogP contribution < -0.4 is 0 Å². The second-order valence-electron chi connectivity index (χ2n) is 12.9. The van der Waals surface area contributed by atoms with Crippen molar-refractivity contribution < 1.29 is 19.4 Å². The summed E-state index contributed by atoms with van der Waals surface area (Å²) in [7, 11) is 0. The van der Waals surface area contributed by atoms with Crippen LogP contribution >= 0.6 is 0 Å². The van der Waals surface area contributed by atoms with Crippen molar-refractivity contribution in [3.63, 3.8) is 0 Å². The third-order valence-corrected chi connectivity index (χ3v) is 7.97. The van der Waals surface area contributed by atoms with Gasteiger partial charge in [0.05, 0.1) is 13.2 Å². The molecule has 1 unspecified atom stereocenters. The number of carbonyl (C=O) groups is 1. The molecule has 0 bridgehead atoms. The van der Waals surface area contributed by atoms with Gasteiger partial charge in [0.25, 0.3) is 0 Å². The van der Waals surface area contributed by atoms with E-state index in [9.17, 15) is 9.90 Å². The predicted molar refractivity (Wildman–Crippen MR) is 232 cm³/mol. The van der Waals surface area contributed by atoms with Crippen molar-refractivity contribution in [1.82, 2.24) is 0 Å². The van der Waals surface area contributed by atoms with Gasteiger partial charge in [-0.1, -0.05) is 160 Å². The fourth-order valence-electron chi connectivity index (χ4n) is 4.94. The molecule has 0 aromatic rings. The molecule has 0 amide bonds. The molecule has 0 aromatic heterocycles. The van der Waals surface area contributed by atoms with Crippen LogP contribution in [0, 0.1) is 0 Å². The molecular weight excluding hydrogens is 653 g/mol. The fourth-order valence-corrected chi connectivity index (χ4v) is 4.94. The summed E-state index contributed by atoms with van der Waals surface area (Å²) in [6.45, 7) is 4.98. The molecule has 53 heavy (non-hydrogen) atoms. The number of esters is 1. The Morgan fingerprint density at radius 1 is 0.453 bits per heavy atom. The van der Waals surface area contributed by atoms with Crippen molar-refractivity contribution in [1.29, 1.82) is 0 Å². The van der Waals surface area contributed by atoms with Crippen molar-refractivity contribution in [3.8, 4) is 0 Å². The summed E-state index contributed by atoms with van der Waals surface area (Å²) in [5.41, 5.74) is 0. The van der Waals surface area contributed by atoms with Crippen LogP contribution in [0.3, 0.4) is 0 Å². The first-order valence-corrected chi connectivity index (χ1v) is 20.8. The Morgan fingerprint density at radius 3 is 1.17 bits per heavy atom. The molecule has 296 valence electrons. The van der Waals surface area contributed by atoms with E-state index < -0.39 is 6.10 Å². The lowest BCUT2D eigenvalue weighted by atomic mass is 10.1. The fraction of sp³-hybridized carbons (Fsp3) is 0.531. The van der Waals surface area contributed by atoms with Gasteiger partial charge in [0.2, 0.25) is 0 Å². The third kappa shape index (κ3) is 42.8. The third-order valence-electron chi connectivity index (χ3n) is 7.97. The van der Waals surface area contributed by atoms with E-state index in [1.54, 1.807) is 0 Å². The van der Waals surface area contributed by atoms with Crippen LogP contribution in [0.25, 0.3) is 0 Å². The van der Waals surface area contributed by atoms with Crippen molar-refractivity contribution in [3.05, 3.63) is 134 Å². The maximum atomic E-state index is 12.2. The molecular formula is C49H76O4. The first-order chi connectivity index (χ1) is 26.2. The highest BCUT2D eigenvalue weighted by Gasteiger charge is 2.13. The smallest absolute Gasteiger partial charge is 0.306 e. The summed E-state index contributed by atoms with van der Waals surface area (Å²) < 4.78 is 11.1. The number of hydrogen-bond acceptors (Lipinski definition) is 4. The molecule has 0 radical (unpaired) electrons. The molecule has 0 spiro atoms. The molecule has 4 nitrogen and oxygen atoms in total. The highest BCUT2D eigenvalue weighted by molar-refractivity contribution is 5.69. The molecule has 1 atom stereocenters. The molecule has 0 rings (SSSR count). The number of ether oxygens (including phenoxy) is 2. The number of allylic oxidation sites excluding steroid dienone is 22.